The van der Waals surface area contributed by atoms with Crippen LogP contribution in [-0.2, 0) is 26.2 Å². The third kappa shape index (κ3) is 7.32. The van der Waals surface area contributed by atoms with E-state index in [1.807, 2.05) is 26.0 Å². The highest BCUT2D eigenvalue weighted by atomic mass is 32.2. The normalized spacial score (nSPS) is 11.8. The van der Waals surface area contributed by atoms with Crippen LogP contribution in [-0.4, -0.2) is 58.5 Å². The number of anilines is 1. The van der Waals surface area contributed by atoms with E-state index in [1.54, 1.807) is 62.6 Å². The van der Waals surface area contributed by atoms with Gasteiger partial charge in [-0.2, -0.15) is 0 Å². The highest BCUT2D eigenvalue weighted by Crippen LogP contribution is 2.28. The van der Waals surface area contributed by atoms with Gasteiger partial charge < -0.3 is 19.7 Å². The summed E-state index contributed by atoms with van der Waals surface area (Å²) in [6.45, 7) is 5.47. The van der Waals surface area contributed by atoms with Gasteiger partial charge in [0.05, 0.1) is 24.8 Å². The first-order valence-corrected chi connectivity index (χ1v) is 14.5. The predicted molar refractivity (Wildman–Crippen MR) is 155 cm³/mol. The Morgan fingerprint density at radius 2 is 1.55 bits per heavy atom. The van der Waals surface area contributed by atoms with E-state index in [2.05, 4.69) is 5.32 Å². The first-order chi connectivity index (χ1) is 19.1. The molecule has 0 heterocycles. The van der Waals surface area contributed by atoms with Crippen LogP contribution in [0.3, 0.4) is 0 Å². The molecule has 9 nitrogen and oxygen atoms in total. The third-order valence-electron chi connectivity index (χ3n) is 6.48. The Morgan fingerprint density at radius 3 is 2.12 bits per heavy atom. The van der Waals surface area contributed by atoms with Gasteiger partial charge >= 0.3 is 0 Å². The van der Waals surface area contributed by atoms with E-state index in [4.69, 9.17) is 9.47 Å². The van der Waals surface area contributed by atoms with E-state index in [1.165, 1.54) is 24.1 Å². The minimum Gasteiger partial charge on any atom is -0.497 e. The maximum atomic E-state index is 14.0. The molecule has 214 valence electrons. The molecule has 1 atom stereocenters. The maximum absolute atomic E-state index is 14.0. The molecule has 10 heteroatoms. The Balaban J connectivity index is 2.07. The predicted octanol–water partition coefficient (Wildman–Crippen LogP) is 4.15. The molecule has 0 saturated carbocycles. The summed E-state index contributed by atoms with van der Waals surface area (Å²) in [6, 6.07) is 19.3. The second-order valence-corrected chi connectivity index (χ2v) is 11.1. The van der Waals surface area contributed by atoms with Gasteiger partial charge in [-0.05, 0) is 62.2 Å². The number of methoxy groups -OCH3 is 2. The van der Waals surface area contributed by atoms with Gasteiger partial charge in [0.1, 0.15) is 24.1 Å². The zero-order chi connectivity index (χ0) is 29.3. The van der Waals surface area contributed by atoms with Crippen molar-refractivity contribution in [2.24, 2.45) is 0 Å². The summed E-state index contributed by atoms with van der Waals surface area (Å²) in [4.78, 5) is 28.5. The number of amides is 2. The van der Waals surface area contributed by atoms with Crippen LogP contribution in [0.5, 0.6) is 11.5 Å². The average Bonchev–Trinajstić information content (AvgIpc) is 2.96. The standard InChI is InChI=1S/C30H37N3O6S/c1-6-28(30(35)31-7-2)32(20-23-13-15-25(38-4)16-14-23)29(34)21-33(24-9-8-10-26(19-24)39-5)40(36,37)27-17-11-22(3)12-18-27/h8-19,28H,6-7,20-21H2,1-5H3,(H,31,35). The lowest BCUT2D eigenvalue weighted by atomic mass is 10.1. The minimum absolute atomic E-state index is 0.0474. The number of likely N-dealkylation sites (N-methyl/N-ethyl adjacent to an activating group) is 1. The summed E-state index contributed by atoms with van der Waals surface area (Å²) < 4.78 is 39.5. The molecule has 0 aliphatic rings. The SMILES string of the molecule is CCNC(=O)C(CC)N(Cc1ccc(OC)cc1)C(=O)CN(c1cccc(OC)c1)S(=O)(=O)c1ccc(C)cc1. The fourth-order valence-electron chi connectivity index (χ4n) is 4.27. The number of hydrogen-bond acceptors (Lipinski definition) is 6. The Morgan fingerprint density at radius 1 is 0.900 bits per heavy atom. The quantitative estimate of drug-likeness (QED) is 0.333. The lowest BCUT2D eigenvalue weighted by molar-refractivity contribution is -0.140. The largest absolute Gasteiger partial charge is 0.497 e. The molecule has 0 aromatic heterocycles. The lowest BCUT2D eigenvalue weighted by Crippen LogP contribution is -2.52. The van der Waals surface area contributed by atoms with Gasteiger partial charge in [-0.15, -0.1) is 0 Å². The first kappa shape index (κ1) is 30.5. The van der Waals surface area contributed by atoms with E-state index in [-0.39, 0.29) is 23.0 Å². The number of rotatable bonds is 13. The second kappa shape index (κ2) is 13.8. The molecule has 3 aromatic rings. The molecule has 0 bridgehead atoms. The molecule has 0 radical (unpaired) electrons. The van der Waals surface area contributed by atoms with Crippen LogP contribution in [0.25, 0.3) is 0 Å². The van der Waals surface area contributed by atoms with Crippen molar-refractivity contribution in [3.8, 4) is 11.5 Å². The van der Waals surface area contributed by atoms with Gasteiger partial charge in [0.2, 0.25) is 11.8 Å². The summed E-state index contributed by atoms with van der Waals surface area (Å²) in [5, 5.41) is 2.80. The van der Waals surface area contributed by atoms with Crippen molar-refractivity contribution in [3.63, 3.8) is 0 Å². The average molecular weight is 568 g/mol. The van der Waals surface area contributed by atoms with Crippen molar-refractivity contribution in [1.82, 2.24) is 10.2 Å². The molecule has 3 rings (SSSR count). The van der Waals surface area contributed by atoms with E-state index in [0.29, 0.717) is 24.5 Å². The van der Waals surface area contributed by atoms with Crippen LogP contribution in [0.2, 0.25) is 0 Å². The summed E-state index contributed by atoms with van der Waals surface area (Å²) in [6.07, 6.45) is 0.345. The van der Waals surface area contributed by atoms with Crippen molar-refractivity contribution in [2.75, 3.05) is 31.6 Å². The molecule has 40 heavy (non-hydrogen) atoms. The molecule has 1 unspecified atom stereocenters. The Hall–Kier alpha value is -4.05. The Bertz CT molecular complexity index is 1390. The molecule has 3 aromatic carbocycles. The number of carbonyl (C=O) groups excluding carboxylic acids is 2. The number of aryl methyl sites for hydroxylation is 1. The minimum atomic E-state index is -4.16. The number of nitrogens with zero attached hydrogens (tertiary/aromatic N) is 2. The van der Waals surface area contributed by atoms with Gasteiger partial charge in [-0.25, -0.2) is 8.42 Å². The summed E-state index contributed by atoms with van der Waals surface area (Å²) in [5.41, 5.74) is 1.94. The fraction of sp³-hybridized carbons (Fsp3) is 0.333. The summed E-state index contributed by atoms with van der Waals surface area (Å²) >= 11 is 0. The second-order valence-electron chi connectivity index (χ2n) is 9.21. The molecule has 0 saturated heterocycles. The van der Waals surface area contributed by atoms with Crippen LogP contribution in [0.15, 0.2) is 77.7 Å². The number of sulfonamides is 1. The molecular formula is C30H37N3O6S. The van der Waals surface area contributed by atoms with Crippen LogP contribution in [0.4, 0.5) is 5.69 Å². The number of carbonyl (C=O) groups is 2. The van der Waals surface area contributed by atoms with Crippen molar-refractivity contribution in [1.29, 1.82) is 0 Å². The lowest BCUT2D eigenvalue weighted by Gasteiger charge is -2.33. The maximum Gasteiger partial charge on any atom is 0.264 e. The van der Waals surface area contributed by atoms with Crippen LogP contribution in [0, 0.1) is 6.92 Å². The van der Waals surface area contributed by atoms with Crippen LogP contribution < -0.4 is 19.1 Å². The van der Waals surface area contributed by atoms with Crippen LogP contribution in [0.1, 0.15) is 31.4 Å². The number of nitrogens with one attached hydrogen (secondary N) is 1. The summed E-state index contributed by atoms with van der Waals surface area (Å²) in [7, 11) is -1.11. The van der Waals surface area contributed by atoms with E-state index in [9.17, 15) is 18.0 Å². The zero-order valence-electron chi connectivity index (χ0n) is 23.6. The van der Waals surface area contributed by atoms with Crippen molar-refractivity contribution < 1.29 is 27.5 Å². The number of hydrogen-bond donors (Lipinski definition) is 1. The Kier molecular flexibility index (Phi) is 10.6. The third-order valence-corrected chi connectivity index (χ3v) is 8.27. The fourth-order valence-corrected chi connectivity index (χ4v) is 5.68. The Labute approximate surface area is 236 Å². The van der Waals surface area contributed by atoms with Gasteiger partial charge in [-0.3, -0.25) is 13.9 Å². The van der Waals surface area contributed by atoms with Gasteiger partial charge in [0, 0.05) is 19.2 Å². The molecule has 1 N–H and O–H groups in total. The topological polar surface area (TPSA) is 105 Å². The van der Waals surface area contributed by atoms with Crippen molar-refractivity contribution >= 4 is 27.5 Å². The van der Waals surface area contributed by atoms with E-state index >= 15 is 0 Å². The molecule has 0 aliphatic heterocycles. The molecule has 0 spiro atoms. The van der Waals surface area contributed by atoms with Crippen LogP contribution >= 0.6 is 0 Å². The van der Waals surface area contributed by atoms with E-state index < -0.39 is 28.5 Å². The smallest absolute Gasteiger partial charge is 0.264 e. The molecular weight excluding hydrogens is 530 g/mol. The molecule has 0 fully saturated rings. The summed E-state index contributed by atoms with van der Waals surface area (Å²) in [5.74, 6) is 0.275. The van der Waals surface area contributed by atoms with Crippen molar-refractivity contribution in [3.05, 3.63) is 83.9 Å². The highest BCUT2D eigenvalue weighted by Gasteiger charge is 2.33. The molecule has 0 aliphatic carbocycles. The number of ether oxygens (including phenoxy) is 2. The monoisotopic (exact) mass is 567 g/mol. The zero-order valence-corrected chi connectivity index (χ0v) is 24.4. The number of benzene rings is 3. The highest BCUT2D eigenvalue weighted by molar-refractivity contribution is 7.92. The van der Waals surface area contributed by atoms with Gasteiger partial charge in [0.25, 0.3) is 10.0 Å². The molecule has 2 amide bonds. The van der Waals surface area contributed by atoms with Crippen molar-refractivity contribution in [2.45, 2.75) is 44.7 Å². The van der Waals surface area contributed by atoms with Gasteiger partial charge in [0.15, 0.2) is 0 Å². The first-order valence-electron chi connectivity index (χ1n) is 13.1. The van der Waals surface area contributed by atoms with E-state index in [0.717, 1.165) is 15.4 Å². The van der Waals surface area contributed by atoms with Gasteiger partial charge in [-0.1, -0.05) is 42.8 Å².